The van der Waals surface area contributed by atoms with Crippen molar-refractivity contribution in [2.75, 3.05) is 13.7 Å². The normalized spacial score (nSPS) is 19.9. The Bertz CT molecular complexity index is 484. The lowest BCUT2D eigenvalue weighted by atomic mass is 9.90. The topological polar surface area (TPSA) is 12.5 Å². The lowest BCUT2D eigenvalue weighted by Gasteiger charge is -2.42. The van der Waals surface area contributed by atoms with Crippen LogP contribution in [0.25, 0.3) is 5.57 Å². The lowest BCUT2D eigenvalue weighted by molar-refractivity contribution is 0.120. The molecule has 3 heteroatoms. The van der Waals surface area contributed by atoms with Gasteiger partial charge >= 0.3 is 0 Å². The van der Waals surface area contributed by atoms with Crippen molar-refractivity contribution in [1.82, 2.24) is 4.90 Å². The summed E-state index contributed by atoms with van der Waals surface area (Å²) in [6, 6.07) is 6.77. The van der Waals surface area contributed by atoms with Gasteiger partial charge in [0.05, 0.1) is 12.6 Å². The van der Waals surface area contributed by atoms with E-state index in [-0.39, 0.29) is 5.50 Å². The minimum absolute atomic E-state index is 0.0449. The molecule has 0 aliphatic carbocycles. The summed E-state index contributed by atoms with van der Waals surface area (Å²) in [5.41, 5.74) is 5.19. The van der Waals surface area contributed by atoms with Crippen LogP contribution in [0.15, 0.2) is 24.4 Å². The Morgan fingerprint density at radius 1 is 1.42 bits per heavy atom. The van der Waals surface area contributed by atoms with E-state index in [2.05, 4.69) is 50.1 Å². The van der Waals surface area contributed by atoms with E-state index >= 15 is 0 Å². The Hall–Kier alpha value is -0.990. The average molecular weight is 280 g/mol. The maximum Gasteiger partial charge on any atom is 0.131 e. The zero-order chi connectivity index (χ0) is 14.0. The smallest absolute Gasteiger partial charge is 0.131 e. The first-order valence-corrected chi connectivity index (χ1v) is 7.24. The number of benzene rings is 1. The van der Waals surface area contributed by atoms with Crippen LogP contribution in [0.5, 0.6) is 0 Å². The molecule has 19 heavy (non-hydrogen) atoms. The molecule has 2 nitrogen and oxygen atoms in total. The van der Waals surface area contributed by atoms with Gasteiger partial charge in [0.15, 0.2) is 0 Å². The quantitative estimate of drug-likeness (QED) is 0.600. The third-order valence-electron chi connectivity index (χ3n) is 3.75. The van der Waals surface area contributed by atoms with Gasteiger partial charge in [0.2, 0.25) is 0 Å². The second-order valence-electron chi connectivity index (χ2n) is 5.13. The van der Waals surface area contributed by atoms with E-state index in [0.29, 0.717) is 12.6 Å². The number of aryl methyl sites for hydroxylation is 2. The van der Waals surface area contributed by atoms with Gasteiger partial charge in [0, 0.05) is 18.9 Å². The summed E-state index contributed by atoms with van der Waals surface area (Å²) in [6.07, 6.45) is 3.20. The molecule has 0 saturated heterocycles. The van der Waals surface area contributed by atoms with Crippen molar-refractivity contribution in [3.8, 4) is 0 Å². The summed E-state index contributed by atoms with van der Waals surface area (Å²) in [7, 11) is 1.72. The average Bonchev–Trinajstić information content (AvgIpc) is 2.39. The van der Waals surface area contributed by atoms with E-state index in [1.165, 1.54) is 22.3 Å². The van der Waals surface area contributed by atoms with Gasteiger partial charge in [-0.3, -0.25) is 0 Å². The SMILES string of the molecule is CCc1cccc(C)c1C1=CN(C(C)COC)C1Cl. The molecule has 2 rings (SSSR count). The fourth-order valence-corrected chi connectivity index (χ4v) is 3.08. The molecule has 0 aromatic heterocycles. The third-order valence-corrected chi connectivity index (χ3v) is 4.21. The van der Waals surface area contributed by atoms with Crippen LogP contribution >= 0.6 is 11.6 Å². The predicted molar refractivity (Wildman–Crippen MR) is 81.4 cm³/mol. The van der Waals surface area contributed by atoms with Crippen LogP contribution in [0.1, 0.15) is 30.5 Å². The Labute approximate surface area is 121 Å². The fourth-order valence-electron chi connectivity index (χ4n) is 2.66. The van der Waals surface area contributed by atoms with Crippen LogP contribution in [0.3, 0.4) is 0 Å². The zero-order valence-corrected chi connectivity index (χ0v) is 12.9. The first kappa shape index (κ1) is 14.4. The van der Waals surface area contributed by atoms with Gasteiger partial charge in [0.1, 0.15) is 5.50 Å². The Morgan fingerprint density at radius 2 is 2.16 bits per heavy atom. The number of ether oxygens (including phenoxy) is 1. The standard InChI is InChI=1S/C16H22ClNO/c1-5-13-8-6-7-11(2)15(13)14-9-18(16(14)17)12(3)10-19-4/h6-9,12,16H,5,10H2,1-4H3. The van der Waals surface area contributed by atoms with Gasteiger partial charge in [-0.25, -0.2) is 0 Å². The number of nitrogens with zero attached hydrogens (tertiary/aromatic N) is 1. The van der Waals surface area contributed by atoms with Gasteiger partial charge in [0.25, 0.3) is 0 Å². The van der Waals surface area contributed by atoms with Crippen molar-refractivity contribution >= 4 is 17.2 Å². The zero-order valence-electron chi connectivity index (χ0n) is 12.1. The summed E-state index contributed by atoms with van der Waals surface area (Å²) in [5, 5.41) is 0. The molecule has 0 saturated carbocycles. The first-order chi connectivity index (χ1) is 9.10. The minimum Gasteiger partial charge on any atom is -0.383 e. The first-order valence-electron chi connectivity index (χ1n) is 6.81. The van der Waals surface area contributed by atoms with Crippen molar-refractivity contribution in [2.45, 2.75) is 38.7 Å². The van der Waals surface area contributed by atoms with Crippen LogP contribution in [0, 0.1) is 6.92 Å². The molecule has 1 aliphatic rings. The summed E-state index contributed by atoms with van der Waals surface area (Å²) < 4.78 is 5.19. The second-order valence-corrected chi connectivity index (χ2v) is 5.55. The van der Waals surface area contributed by atoms with E-state index in [0.717, 1.165) is 6.42 Å². The molecule has 104 valence electrons. The van der Waals surface area contributed by atoms with E-state index in [9.17, 15) is 0 Å². The maximum absolute atomic E-state index is 6.55. The number of hydrogen-bond donors (Lipinski definition) is 0. The second kappa shape index (κ2) is 5.98. The maximum atomic E-state index is 6.55. The molecule has 0 spiro atoms. The number of alkyl halides is 1. The molecule has 1 heterocycles. The Balaban J connectivity index is 2.28. The summed E-state index contributed by atoms with van der Waals surface area (Å²) in [4.78, 5) is 2.16. The van der Waals surface area contributed by atoms with Gasteiger partial charge in [-0.1, -0.05) is 36.7 Å². The number of rotatable bonds is 5. The highest BCUT2D eigenvalue weighted by molar-refractivity contribution is 6.27. The molecular weight excluding hydrogens is 258 g/mol. The van der Waals surface area contributed by atoms with Gasteiger partial charge in [-0.05, 0) is 37.0 Å². The van der Waals surface area contributed by atoms with Crippen LogP contribution in [-0.2, 0) is 11.2 Å². The van der Waals surface area contributed by atoms with E-state index in [1.54, 1.807) is 7.11 Å². The molecule has 0 fully saturated rings. The monoisotopic (exact) mass is 279 g/mol. The molecule has 2 atom stereocenters. The summed E-state index contributed by atoms with van der Waals surface area (Å²) in [6.45, 7) is 7.17. The highest BCUT2D eigenvalue weighted by Crippen LogP contribution is 2.39. The molecular formula is C16H22ClNO. The molecule has 0 bridgehead atoms. The van der Waals surface area contributed by atoms with Crippen molar-refractivity contribution < 1.29 is 4.74 Å². The fraction of sp³-hybridized carbons (Fsp3) is 0.500. The third kappa shape index (κ3) is 2.65. The van der Waals surface area contributed by atoms with Gasteiger partial charge < -0.3 is 9.64 Å². The lowest BCUT2D eigenvalue weighted by Crippen LogP contribution is -2.44. The van der Waals surface area contributed by atoms with E-state index in [1.807, 2.05) is 0 Å². The van der Waals surface area contributed by atoms with Gasteiger partial charge in [-0.2, -0.15) is 0 Å². The molecule has 0 radical (unpaired) electrons. The molecule has 1 aliphatic heterocycles. The molecule has 2 unspecified atom stereocenters. The number of hydrogen-bond acceptors (Lipinski definition) is 2. The number of halogens is 1. The van der Waals surface area contributed by atoms with Crippen molar-refractivity contribution in [3.63, 3.8) is 0 Å². The Kier molecular flexibility index (Phi) is 4.54. The summed E-state index contributed by atoms with van der Waals surface area (Å²) >= 11 is 6.55. The predicted octanol–water partition coefficient (Wildman–Crippen LogP) is 3.81. The van der Waals surface area contributed by atoms with Gasteiger partial charge in [-0.15, -0.1) is 0 Å². The van der Waals surface area contributed by atoms with Crippen LogP contribution in [0.4, 0.5) is 0 Å². The summed E-state index contributed by atoms with van der Waals surface area (Å²) in [5.74, 6) is 0. The van der Waals surface area contributed by atoms with Crippen LogP contribution in [0.2, 0.25) is 0 Å². The van der Waals surface area contributed by atoms with Crippen molar-refractivity contribution in [3.05, 3.63) is 41.1 Å². The van der Waals surface area contributed by atoms with E-state index < -0.39 is 0 Å². The van der Waals surface area contributed by atoms with Crippen molar-refractivity contribution in [2.24, 2.45) is 0 Å². The molecule has 1 aromatic rings. The largest absolute Gasteiger partial charge is 0.383 e. The number of methoxy groups -OCH3 is 1. The van der Waals surface area contributed by atoms with Crippen molar-refractivity contribution in [1.29, 1.82) is 0 Å². The molecule has 1 aromatic carbocycles. The highest BCUT2D eigenvalue weighted by atomic mass is 35.5. The van der Waals surface area contributed by atoms with Crippen LogP contribution in [-0.4, -0.2) is 30.2 Å². The highest BCUT2D eigenvalue weighted by Gasteiger charge is 2.33. The molecule has 0 amide bonds. The van der Waals surface area contributed by atoms with E-state index in [4.69, 9.17) is 16.3 Å². The minimum atomic E-state index is -0.0449. The van der Waals surface area contributed by atoms with Crippen LogP contribution < -0.4 is 0 Å². The Morgan fingerprint density at radius 3 is 2.74 bits per heavy atom. The molecule has 0 N–H and O–H groups in total.